The van der Waals surface area contributed by atoms with Crippen LogP contribution < -0.4 is 10.1 Å². The summed E-state index contributed by atoms with van der Waals surface area (Å²) in [5.74, 6) is -0.319. The minimum Gasteiger partial charge on any atom is -0.324 e. The lowest BCUT2D eigenvalue weighted by atomic mass is 10.2. The van der Waals surface area contributed by atoms with Gasteiger partial charge in [0.2, 0.25) is 10.7 Å². The van der Waals surface area contributed by atoms with Gasteiger partial charge in [-0.15, -0.1) is 4.40 Å². The fourth-order valence-corrected chi connectivity index (χ4v) is 4.25. The number of sulfonamides is 1. The molecule has 3 aromatic rings. The van der Waals surface area contributed by atoms with Crippen molar-refractivity contribution in [2.24, 2.45) is 4.40 Å². The summed E-state index contributed by atoms with van der Waals surface area (Å²) < 4.78 is 30.3. The Balaban J connectivity index is 1.88. The van der Waals surface area contributed by atoms with E-state index in [0.717, 1.165) is 16.9 Å². The molecular weight excluding hydrogens is 384 g/mol. The molecule has 140 valence electrons. The van der Waals surface area contributed by atoms with E-state index in [1.807, 2.05) is 25.1 Å². The van der Waals surface area contributed by atoms with Gasteiger partial charge in [0.25, 0.3) is 10.0 Å². The van der Waals surface area contributed by atoms with Crippen LogP contribution in [0.3, 0.4) is 0 Å². The van der Waals surface area contributed by atoms with Crippen molar-refractivity contribution in [3.8, 4) is 0 Å². The quantitative estimate of drug-likeness (QED) is 0.709. The summed E-state index contributed by atoms with van der Waals surface area (Å²) in [4.78, 5) is 12.5. The van der Waals surface area contributed by atoms with E-state index in [1.54, 1.807) is 31.2 Å². The van der Waals surface area contributed by atoms with Gasteiger partial charge in [-0.3, -0.25) is 4.79 Å². The summed E-state index contributed by atoms with van der Waals surface area (Å²) in [6.45, 7) is 3.47. The van der Waals surface area contributed by atoms with E-state index >= 15 is 0 Å². The fraction of sp³-hybridized carbons (Fsp3) is 0.167. The molecule has 9 heteroatoms. The molecule has 0 saturated carbocycles. The van der Waals surface area contributed by atoms with Crippen LogP contribution in [0.1, 0.15) is 10.6 Å². The lowest BCUT2D eigenvalue weighted by Crippen LogP contribution is -2.27. The maximum atomic E-state index is 12.5. The maximum absolute atomic E-state index is 12.5. The van der Waals surface area contributed by atoms with E-state index < -0.39 is 10.0 Å². The molecule has 0 fully saturated rings. The molecule has 0 aliphatic heterocycles. The van der Waals surface area contributed by atoms with Gasteiger partial charge in [0, 0.05) is 5.69 Å². The Labute approximate surface area is 161 Å². The number of rotatable bonds is 5. The molecule has 2 aromatic carbocycles. The van der Waals surface area contributed by atoms with Crippen molar-refractivity contribution in [1.29, 1.82) is 0 Å². The molecule has 0 spiro atoms. The summed E-state index contributed by atoms with van der Waals surface area (Å²) in [7, 11) is -3.89. The molecule has 1 N–H and O–H groups in total. The summed E-state index contributed by atoms with van der Waals surface area (Å²) in [6, 6.07) is 15.4. The Morgan fingerprint density at radius 1 is 1.11 bits per heavy atom. The van der Waals surface area contributed by atoms with Crippen molar-refractivity contribution < 1.29 is 13.2 Å². The molecule has 1 heterocycles. The minimum atomic E-state index is -3.89. The second-order valence-corrected chi connectivity index (χ2v) is 8.62. The van der Waals surface area contributed by atoms with Crippen LogP contribution in [-0.2, 0) is 21.4 Å². The maximum Gasteiger partial charge on any atom is 0.285 e. The Kier molecular flexibility index (Phi) is 5.52. The lowest BCUT2D eigenvalue weighted by Gasteiger charge is -2.05. The second kappa shape index (κ2) is 7.85. The van der Waals surface area contributed by atoms with E-state index in [0.29, 0.717) is 10.7 Å². The van der Waals surface area contributed by atoms with Crippen LogP contribution in [0, 0.1) is 13.8 Å². The molecule has 0 radical (unpaired) electrons. The third-order valence-electron chi connectivity index (χ3n) is 3.59. The number of carbonyl (C=O) groups excluding carboxylic acids is 1. The second-order valence-electron chi connectivity index (χ2n) is 5.85. The number of aromatic nitrogens is 2. The number of benzene rings is 2. The smallest absolute Gasteiger partial charge is 0.285 e. The zero-order valence-corrected chi connectivity index (χ0v) is 16.4. The molecule has 3 rings (SSSR count). The summed E-state index contributed by atoms with van der Waals surface area (Å²) in [5, 5.41) is 7.55. The Bertz CT molecular complexity index is 1120. The van der Waals surface area contributed by atoms with Gasteiger partial charge < -0.3 is 5.32 Å². The minimum absolute atomic E-state index is 0.0967. The molecule has 27 heavy (non-hydrogen) atoms. The Morgan fingerprint density at radius 2 is 1.78 bits per heavy atom. The summed E-state index contributed by atoms with van der Waals surface area (Å²) in [5.41, 5.74) is 1.61. The number of anilines is 1. The third kappa shape index (κ3) is 4.89. The highest BCUT2D eigenvalue weighted by molar-refractivity contribution is 7.90. The lowest BCUT2D eigenvalue weighted by molar-refractivity contribution is -0.117. The number of hydrogen-bond acceptors (Lipinski definition) is 5. The van der Waals surface area contributed by atoms with Crippen LogP contribution in [-0.4, -0.2) is 24.1 Å². The number of carbonyl (C=O) groups is 1. The largest absolute Gasteiger partial charge is 0.324 e. The number of amides is 1. The van der Waals surface area contributed by atoms with E-state index in [4.69, 9.17) is 0 Å². The van der Waals surface area contributed by atoms with Gasteiger partial charge >= 0.3 is 0 Å². The highest BCUT2D eigenvalue weighted by Gasteiger charge is 2.15. The topological polar surface area (TPSA) is 93.4 Å². The van der Waals surface area contributed by atoms with Gasteiger partial charge in [-0.2, -0.15) is 13.5 Å². The molecule has 0 aliphatic rings. The van der Waals surface area contributed by atoms with E-state index in [1.165, 1.54) is 16.8 Å². The van der Waals surface area contributed by atoms with E-state index in [2.05, 4.69) is 14.8 Å². The standard InChI is InChI=1S/C18H18N4O3S2/c1-13-8-10-16(11-9-13)27(24,25)21-18-22(20-14(2)26-18)12-17(23)19-15-6-4-3-5-7-15/h3-11H,12H2,1-2H3,(H,19,23)/b21-18-. The van der Waals surface area contributed by atoms with Crippen molar-refractivity contribution in [3.05, 3.63) is 70.0 Å². The molecule has 0 bridgehead atoms. The number of hydrogen-bond donors (Lipinski definition) is 1. The fourth-order valence-electron chi connectivity index (χ4n) is 2.31. The van der Waals surface area contributed by atoms with Crippen LogP contribution in [0.25, 0.3) is 0 Å². The molecule has 0 atom stereocenters. The first-order valence-corrected chi connectivity index (χ1v) is 10.4. The van der Waals surface area contributed by atoms with Crippen LogP contribution in [0.4, 0.5) is 5.69 Å². The molecule has 0 unspecified atom stereocenters. The van der Waals surface area contributed by atoms with Gasteiger partial charge in [-0.05, 0) is 38.1 Å². The zero-order valence-electron chi connectivity index (χ0n) is 14.8. The summed E-state index contributed by atoms with van der Waals surface area (Å²) in [6.07, 6.45) is 0. The van der Waals surface area contributed by atoms with Crippen molar-refractivity contribution in [2.45, 2.75) is 25.3 Å². The van der Waals surface area contributed by atoms with Gasteiger partial charge in [0.05, 0.1) is 4.90 Å². The van der Waals surface area contributed by atoms with Crippen LogP contribution in [0.5, 0.6) is 0 Å². The molecular formula is C18H18N4O3S2. The van der Waals surface area contributed by atoms with Crippen molar-refractivity contribution in [3.63, 3.8) is 0 Å². The number of aryl methyl sites for hydroxylation is 2. The van der Waals surface area contributed by atoms with Crippen molar-refractivity contribution >= 4 is 33.0 Å². The molecule has 1 amide bonds. The summed E-state index contributed by atoms with van der Waals surface area (Å²) >= 11 is 1.11. The Morgan fingerprint density at radius 3 is 2.44 bits per heavy atom. The normalized spacial score (nSPS) is 12.1. The van der Waals surface area contributed by atoms with Gasteiger partial charge in [0.15, 0.2) is 0 Å². The molecule has 1 aromatic heterocycles. The van der Waals surface area contributed by atoms with Gasteiger partial charge in [-0.1, -0.05) is 47.2 Å². The first-order chi connectivity index (χ1) is 12.8. The molecule has 0 saturated heterocycles. The van der Waals surface area contributed by atoms with Crippen LogP contribution in [0.2, 0.25) is 0 Å². The third-order valence-corrected chi connectivity index (χ3v) is 5.85. The van der Waals surface area contributed by atoms with Gasteiger partial charge in [-0.25, -0.2) is 4.68 Å². The molecule has 0 aliphatic carbocycles. The average Bonchev–Trinajstić information content (AvgIpc) is 2.94. The van der Waals surface area contributed by atoms with E-state index in [9.17, 15) is 13.2 Å². The van der Waals surface area contributed by atoms with Crippen LogP contribution in [0.15, 0.2) is 63.9 Å². The number of nitrogens with one attached hydrogen (secondary N) is 1. The number of nitrogens with zero attached hydrogens (tertiary/aromatic N) is 3. The predicted molar refractivity (Wildman–Crippen MR) is 104 cm³/mol. The van der Waals surface area contributed by atoms with Crippen molar-refractivity contribution in [2.75, 3.05) is 5.32 Å². The monoisotopic (exact) mass is 402 g/mol. The number of para-hydroxylation sites is 1. The van der Waals surface area contributed by atoms with Crippen LogP contribution >= 0.6 is 11.3 Å². The molecule has 7 nitrogen and oxygen atoms in total. The highest BCUT2D eigenvalue weighted by Crippen LogP contribution is 2.13. The first-order valence-electron chi connectivity index (χ1n) is 8.11. The SMILES string of the molecule is Cc1ccc(S(=O)(=O)/N=c2\sc(C)nn2CC(=O)Nc2ccccc2)cc1. The zero-order chi connectivity index (χ0) is 19.4. The predicted octanol–water partition coefficient (Wildman–Crippen LogP) is 2.49. The Hall–Kier alpha value is -2.78. The highest BCUT2D eigenvalue weighted by atomic mass is 32.2. The van der Waals surface area contributed by atoms with Gasteiger partial charge in [0.1, 0.15) is 11.6 Å². The first kappa shape index (κ1) is 19.0. The average molecular weight is 403 g/mol. The van der Waals surface area contributed by atoms with E-state index in [-0.39, 0.29) is 22.1 Å². The van der Waals surface area contributed by atoms with Crippen molar-refractivity contribution in [1.82, 2.24) is 9.78 Å².